The highest BCUT2D eigenvalue weighted by molar-refractivity contribution is 7.91. The van der Waals surface area contributed by atoms with Crippen LogP contribution >= 0.6 is 11.6 Å². The summed E-state index contributed by atoms with van der Waals surface area (Å²) in [4.78, 5) is 4.32. The van der Waals surface area contributed by atoms with Crippen LogP contribution in [0, 0.1) is 0 Å². The van der Waals surface area contributed by atoms with Gasteiger partial charge in [0.15, 0.2) is 9.84 Å². The number of halogens is 4. The summed E-state index contributed by atoms with van der Waals surface area (Å²) in [5, 5.41) is -0.105. The van der Waals surface area contributed by atoms with Crippen LogP contribution in [0.15, 0.2) is 41.3 Å². The SMILES string of the molecule is CCS(=O)(=O)c1ccccc1-c1nc2cc(C(F)(F)F)cc(Cl)c2n1C. The molecule has 0 saturated heterocycles. The van der Waals surface area contributed by atoms with Gasteiger partial charge in [-0.3, -0.25) is 0 Å². The van der Waals surface area contributed by atoms with E-state index in [1.807, 2.05) is 0 Å². The molecule has 3 aromatic rings. The average Bonchev–Trinajstić information content (AvgIpc) is 2.91. The van der Waals surface area contributed by atoms with E-state index in [9.17, 15) is 21.6 Å². The van der Waals surface area contributed by atoms with Gasteiger partial charge < -0.3 is 4.57 Å². The Bertz CT molecular complexity index is 1110. The highest BCUT2D eigenvalue weighted by Crippen LogP contribution is 2.37. The van der Waals surface area contributed by atoms with Crippen LogP contribution in [0.3, 0.4) is 0 Å². The van der Waals surface area contributed by atoms with E-state index in [0.29, 0.717) is 11.1 Å². The van der Waals surface area contributed by atoms with E-state index < -0.39 is 21.6 Å². The molecular formula is C17H14ClF3N2O2S. The van der Waals surface area contributed by atoms with Crippen molar-refractivity contribution in [2.24, 2.45) is 7.05 Å². The molecule has 0 N–H and O–H groups in total. The number of aryl methyl sites for hydroxylation is 1. The molecule has 0 radical (unpaired) electrons. The van der Waals surface area contributed by atoms with Crippen molar-refractivity contribution in [1.29, 1.82) is 0 Å². The fourth-order valence-corrected chi connectivity index (χ4v) is 4.21. The first-order chi connectivity index (χ1) is 12.1. The Kier molecular flexibility index (Phi) is 4.52. The fourth-order valence-electron chi connectivity index (χ4n) is 2.78. The van der Waals surface area contributed by atoms with Crippen LogP contribution in [0.1, 0.15) is 12.5 Å². The van der Waals surface area contributed by atoms with E-state index in [1.54, 1.807) is 25.2 Å². The van der Waals surface area contributed by atoms with Crippen LogP contribution in [0.25, 0.3) is 22.4 Å². The van der Waals surface area contributed by atoms with Crippen molar-refractivity contribution in [3.8, 4) is 11.4 Å². The molecule has 0 aliphatic heterocycles. The summed E-state index contributed by atoms with van der Waals surface area (Å²) in [6.45, 7) is 1.52. The van der Waals surface area contributed by atoms with Crippen molar-refractivity contribution < 1.29 is 21.6 Å². The van der Waals surface area contributed by atoms with Gasteiger partial charge in [-0.25, -0.2) is 13.4 Å². The molecule has 0 amide bonds. The number of rotatable bonds is 3. The third-order valence-corrected chi connectivity index (χ3v) is 6.17. The number of imidazole rings is 1. The molecule has 0 unspecified atom stereocenters. The van der Waals surface area contributed by atoms with Crippen molar-refractivity contribution in [3.05, 3.63) is 47.0 Å². The summed E-state index contributed by atoms with van der Waals surface area (Å²) in [6, 6.07) is 8.00. The number of benzene rings is 2. The van der Waals surface area contributed by atoms with Gasteiger partial charge in [0.25, 0.3) is 0 Å². The van der Waals surface area contributed by atoms with Gasteiger partial charge in [0.2, 0.25) is 0 Å². The summed E-state index contributed by atoms with van der Waals surface area (Å²) in [5.74, 6) is 0.126. The third-order valence-electron chi connectivity index (χ3n) is 4.09. The quantitative estimate of drug-likeness (QED) is 0.637. The molecule has 1 heterocycles. The zero-order chi connectivity index (χ0) is 19.3. The maximum absolute atomic E-state index is 13.0. The van der Waals surface area contributed by atoms with Gasteiger partial charge in [0, 0.05) is 12.6 Å². The first-order valence-electron chi connectivity index (χ1n) is 7.61. The Labute approximate surface area is 153 Å². The number of alkyl halides is 3. The second-order valence-electron chi connectivity index (χ2n) is 5.72. The molecule has 0 fully saturated rings. The normalized spacial score (nSPS) is 12.7. The maximum Gasteiger partial charge on any atom is 0.416 e. The van der Waals surface area contributed by atoms with Gasteiger partial charge >= 0.3 is 6.18 Å². The van der Waals surface area contributed by atoms with Crippen LogP contribution in [-0.4, -0.2) is 23.7 Å². The Morgan fingerprint density at radius 3 is 2.46 bits per heavy atom. The second kappa shape index (κ2) is 6.28. The van der Waals surface area contributed by atoms with Gasteiger partial charge in [0.1, 0.15) is 5.82 Å². The Morgan fingerprint density at radius 1 is 1.19 bits per heavy atom. The lowest BCUT2D eigenvalue weighted by Gasteiger charge is -2.10. The Morgan fingerprint density at radius 2 is 1.85 bits per heavy atom. The molecule has 0 spiro atoms. The number of hydrogen-bond donors (Lipinski definition) is 0. The molecular weight excluding hydrogens is 389 g/mol. The zero-order valence-electron chi connectivity index (χ0n) is 13.8. The molecule has 26 heavy (non-hydrogen) atoms. The van der Waals surface area contributed by atoms with Gasteiger partial charge in [-0.05, 0) is 24.3 Å². The Hall–Kier alpha value is -2.06. The first-order valence-corrected chi connectivity index (χ1v) is 9.64. The van der Waals surface area contributed by atoms with Crippen LogP contribution < -0.4 is 0 Å². The predicted molar refractivity (Wildman–Crippen MR) is 93.9 cm³/mol. The molecule has 4 nitrogen and oxygen atoms in total. The van der Waals surface area contributed by atoms with Crippen LogP contribution in [0.4, 0.5) is 13.2 Å². The number of sulfone groups is 1. The molecule has 0 atom stereocenters. The van der Waals surface area contributed by atoms with E-state index in [4.69, 9.17) is 11.6 Å². The minimum absolute atomic E-state index is 0.0472. The van der Waals surface area contributed by atoms with Crippen LogP contribution in [-0.2, 0) is 23.1 Å². The lowest BCUT2D eigenvalue weighted by atomic mass is 10.2. The smallest absolute Gasteiger partial charge is 0.326 e. The fraction of sp³-hybridized carbons (Fsp3) is 0.235. The zero-order valence-corrected chi connectivity index (χ0v) is 15.4. The number of nitrogens with zero attached hydrogens (tertiary/aromatic N) is 2. The van der Waals surface area contributed by atoms with E-state index in [2.05, 4.69) is 4.98 Å². The number of hydrogen-bond acceptors (Lipinski definition) is 3. The minimum Gasteiger partial charge on any atom is -0.326 e. The molecule has 1 aromatic heterocycles. The Balaban J connectivity index is 2.33. The van der Waals surface area contributed by atoms with E-state index in [-0.39, 0.29) is 27.0 Å². The van der Waals surface area contributed by atoms with E-state index >= 15 is 0 Å². The predicted octanol–water partition coefficient (Wildman–Crippen LogP) is 4.71. The molecule has 0 saturated carbocycles. The van der Waals surface area contributed by atoms with Gasteiger partial charge in [0.05, 0.1) is 32.3 Å². The molecule has 138 valence electrons. The molecule has 0 bridgehead atoms. The van der Waals surface area contributed by atoms with Crippen molar-refractivity contribution in [1.82, 2.24) is 9.55 Å². The number of aromatic nitrogens is 2. The highest BCUT2D eigenvalue weighted by atomic mass is 35.5. The lowest BCUT2D eigenvalue weighted by Crippen LogP contribution is -2.07. The maximum atomic E-state index is 13.0. The topological polar surface area (TPSA) is 52.0 Å². The van der Waals surface area contributed by atoms with Crippen molar-refractivity contribution in [2.75, 3.05) is 5.75 Å². The summed E-state index contributed by atoms with van der Waals surface area (Å²) in [7, 11) is -1.96. The van der Waals surface area contributed by atoms with Crippen molar-refractivity contribution >= 4 is 32.5 Å². The highest BCUT2D eigenvalue weighted by Gasteiger charge is 2.32. The van der Waals surface area contributed by atoms with E-state index in [1.165, 1.54) is 17.6 Å². The van der Waals surface area contributed by atoms with Crippen molar-refractivity contribution in [3.63, 3.8) is 0 Å². The second-order valence-corrected chi connectivity index (χ2v) is 8.37. The number of fused-ring (bicyclic) bond motifs is 1. The summed E-state index contributed by atoms with van der Waals surface area (Å²) in [5.41, 5.74) is -0.240. The van der Waals surface area contributed by atoms with Crippen LogP contribution in [0.5, 0.6) is 0 Å². The standard InChI is InChI=1S/C17H14ClF3N2O2S/c1-3-26(24,25)14-7-5-4-6-11(14)16-22-13-9-10(17(19,20)21)8-12(18)15(13)23(16)2/h4-9H,3H2,1-2H3. The largest absolute Gasteiger partial charge is 0.416 e. The molecule has 2 aromatic carbocycles. The molecule has 9 heteroatoms. The summed E-state index contributed by atoms with van der Waals surface area (Å²) in [6.07, 6.45) is -4.56. The van der Waals surface area contributed by atoms with Gasteiger partial charge in [-0.1, -0.05) is 30.7 Å². The first kappa shape index (κ1) is 18.7. The molecule has 3 rings (SSSR count). The monoisotopic (exact) mass is 402 g/mol. The van der Waals surface area contributed by atoms with Crippen molar-refractivity contribution in [2.45, 2.75) is 18.0 Å². The minimum atomic E-state index is -4.56. The van der Waals surface area contributed by atoms with Gasteiger partial charge in [-0.15, -0.1) is 0 Å². The summed E-state index contributed by atoms with van der Waals surface area (Å²) < 4.78 is 65.3. The van der Waals surface area contributed by atoms with Gasteiger partial charge in [-0.2, -0.15) is 13.2 Å². The molecule has 0 aliphatic carbocycles. The van der Waals surface area contributed by atoms with E-state index in [0.717, 1.165) is 12.1 Å². The summed E-state index contributed by atoms with van der Waals surface area (Å²) >= 11 is 6.05. The van der Waals surface area contributed by atoms with Crippen LogP contribution in [0.2, 0.25) is 5.02 Å². The average molecular weight is 403 g/mol. The lowest BCUT2D eigenvalue weighted by molar-refractivity contribution is -0.137. The third kappa shape index (κ3) is 3.07. The molecule has 0 aliphatic rings.